The first-order chi connectivity index (χ1) is 10.8. The molecule has 3 heterocycles. The summed E-state index contributed by atoms with van der Waals surface area (Å²) < 4.78 is 6.16. The quantitative estimate of drug-likeness (QED) is 0.706. The minimum atomic E-state index is 0.718. The molecule has 0 aliphatic carbocycles. The minimum absolute atomic E-state index is 0.718. The number of hydrogen-bond acceptors (Lipinski definition) is 4. The van der Waals surface area contributed by atoms with Crippen LogP contribution in [0, 0.1) is 0 Å². The molecule has 4 heteroatoms. The fraction of sp³-hybridized carbons (Fsp3) is 0.389. The molecule has 0 bridgehead atoms. The maximum absolute atomic E-state index is 6.16. The summed E-state index contributed by atoms with van der Waals surface area (Å²) in [6, 6.07) is 9.21. The van der Waals surface area contributed by atoms with Crippen molar-refractivity contribution in [1.29, 1.82) is 0 Å². The number of aromatic nitrogens is 1. The second kappa shape index (κ2) is 5.86. The van der Waals surface area contributed by atoms with E-state index in [4.69, 9.17) is 4.42 Å². The molecule has 1 atom stereocenters. The lowest BCUT2D eigenvalue weighted by atomic mass is 10.1. The van der Waals surface area contributed by atoms with Crippen molar-refractivity contribution in [3.63, 3.8) is 0 Å². The Morgan fingerprint density at radius 1 is 1.41 bits per heavy atom. The highest BCUT2D eigenvalue weighted by Crippen LogP contribution is 2.32. The SMILES string of the molecule is C[C@@H]1CCCN1CCc1cc2cccc(-c3nccs3)c2o1. The maximum atomic E-state index is 6.16. The summed E-state index contributed by atoms with van der Waals surface area (Å²) in [7, 11) is 0. The molecule has 114 valence electrons. The Labute approximate surface area is 134 Å². The van der Waals surface area contributed by atoms with Gasteiger partial charge in [0.15, 0.2) is 0 Å². The zero-order chi connectivity index (χ0) is 14.9. The van der Waals surface area contributed by atoms with Crippen molar-refractivity contribution in [2.45, 2.75) is 32.2 Å². The fourth-order valence-electron chi connectivity index (χ4n) is 3.34. The van der Waals surface area contributed by atoms with Crippen LogP contribution in [0.4, 0.5) is 0 Å². The van der Waals surface area contributed by atoms with Gasteiger partial charge in [-0.2, -0.15) is 0 Å². The third-order valence-electron chi connectivity index (χ3n) is 4.59. The van der Waals surface area contributed by atoms with Gasteiger partial charge in [0.05, 0.1) is 5.56 Å². The molecule has 2 aromatic heterocycles. The highest BCUT2D eigenvalue weighted by molar-refractivity contribution is 7.13. The van der Waals surface area contributed by atoms with Crippen molar-refractivity contribution in [2.24, 2.45) is 0 Å². The lowest BCUT2D eigenvalue weighted by Gasteiger charge is -2.19. The molecule has 1 fully saturated rings. The van der Waals surface area contributed by atoms with Gasteiger partial charge in [-0.05, 0) is 38.4 Å². The van der Waals surface area contributed by atoms with Gasteiger partial charge in [0.1, 0.15) is 16.4 Å². The molecule has 0 unspecified atom stereocenters. The van der Waals surface area contributed by atoms with Crippen LogP contribution in [0.15, 0.2) is 40.3 Å². The van der Waals surface area contributed by atoms with Gasteiger partial charge in [0.25, 0.3) is 0 Å². The van der Waals surface area contributed by atoms with E-state index in [-0.39, 0.29) is 0 Å². The van der Waals surface area contributed by atoms with Gasteiger partial charge in [0.2, 0.25) is 0 Å². The van der Waals surface area contributed by atoms with E-state index in [0.29, 0.717) is 0 Å². The largest absolute Gasteiger partial charge is 0.460 e. The first-order valence-corrected chi connectivity index (χ1v) is 8.84. The van der Waals surface area contributed by atoms with Crippen LogP contribution in [-0.2, 0) is 6.42 Å². The molecule has 0 spiro atoms. The molecular weight excluding hydrogens is 292 g/mol. The fourth-order valence-corrected chi connectivity index (χ4v) is 4.00. The first kappa shape index (κ1) is 14.0. The number of furan rings is 1. The molecule has 3 aromatic rings. The molecule has 0 radical (unpaired) electrons. The van der Waals surface area contributed by atoms with Crippen molar-refractivity contribution in [1.82, 2.24) is 9.88 Å². The van der Waals surface area contributed by atoms with E-state index in [1.54, 1.807) is 11.3 Å². The number of thiazole rings is 1. The predicted octanol–water partition coefficient (Wildman–Crippen LogP) is 4.58. The Hall–Kier alpha value is -1.65. The van der Waals surface area contributed by atoms with Crippen molar-refractivity contribution in [3.05, 3.63) is 41.6 Å². The second-order valence-electron chi connectivity index (χ2n) is 6.05. The molecular formula is C18H20N2OS. The number of para-hydroxylation sites is 1. The number of fused-ring (bicyclic) bond motifs is 1. The Kier molecular flexibility index (Phi) is 3.72. The standard InChI is InChI=1S/C18H20N2OS/c1-13-4-3-9-20(13)10-7-15-12-14-5-2-6-16(17(14)21-15)18-19-8-11-22-18/h2,5-6,8,11-13H,3-4,7,9-10H2,1H3/t13-/m1/s1. The Balaban J connectivity index is 1.59. The highest BCUT2D eigenvalue weighted by atomic mass is 32.1. The molecule has 1 aliphatic rings. The summed E-state index contributed by atoms with van der Waals surface area (Å²) in [5.74, 6) is 1.08. The van der Waals surface area contributed by atoms with Crippen molar-refractivity contribution in [2.75, 3.05) is 13.1 Å². The van der Waals surface area contributed by atoms with Crippen LogP contribution >= 0.6 is 11.3 Å². The van der Waals surface area contributed by atoms with Gasteiger partial charge < -0.3 is 9.32 Å². The van der Waals surface area contributed by atoms with Gasteiger partial charge in [-0.1, -0.05) is 12.1 Å². The van der Waals surface area contributed by atoms with Gasteiger partial charge in [-0.15, -0.1) is 11.3 Å². The molecule has 0 N–H and O–H groups in total. The van der Waals surface area contributed by atoms with E-state index in [2.05, 4.69) is 41.1 Å². The Morgan fingerprint density at radius 3 is 3.14 bits per heavy atom. The number of likely N-dealkylation sites (tertiary alicyclic amines) is 1. The summed E-state index contributed by atoms with van der Waals surface area (Å²) in [6.45, 7) is 4.64. The zero-order valence-electron chi connectivity index (χ0n) is 12.8. The normalized spacial score (nSPS) is 19.2. The molecule has 0 saturated carbocycles. The Morgan fingerprint density at radius 2 is 2.36 bits per heavy atom. The van der Waals surface area contributed by atoms with Crippen LogP contribution in [0.1, 0.15) is 25.5 Å². The van der Waals surface area contributed by atoms with E-state index in [0.717, 1.165) is 40.9 Å². The highest BCUT2D eigenvalue weighted by Gasteiger charge is 2.20. The second-order valence-corrected chi connectivity index (χ2v) is 6.95. The third-order valence-corrected chi connectivity index (χ3v) is 5.40. The van der Waals surface area contributed by atoms with Crippen LogP contribution in [0.3, 0.4) is 0 Å². The summed E-state index contributed by atoms with van der Waals surface area (Å²) >= 11 is 1.65. The number of nitrogens with zero attached hydrogens (tertiary/aromatic N) is 2. The molecule has 0 amide bonds. The van der Waals surface area contributed by atoms with E-state index in [9.17, 15) is 0 Å². The van der Waals surface area contributed by atoms with Crippen LogP contribution < -0.4 is 0 Å². The van der Waals surface area contributed by atoms with E-state index >= 15 is 0 Å². The molecule has 3 nitrogen and oxygen atoms in total. The van der Waals surface area contributed by atoms with Crippen molar-refractivity contribution < 1.29 is 4.42 Å². The summed E-state index contributed by atoms with van der Waals surface area (Å²) in [5.41, 5.74) is 2.08. The van der Waals surface area contributed by atoms with E-state index in [1.165, 1.54) is 24.8 Å². The Bertz CT molecular complexity index is 763. The first-order valence-electron chi connectivity index (χ1n) is 7.96. The smallest absolute Gasteiger partial charge is 0.144 e. The van der Waals surface area contributed by atoms with Gasteiger partial charge in [0, 0.05) is 36.0 Å². The zero-order valence-corrected chi connectivity index (χ0v) is 13.6. The third kappa shape index (κ3) is 2.57. The molecule has 1 saturated heterocycles. The monoisotopic (exact) mass is 312 g/mol. The van der Waals surface area contributed by atoms with Crippen LogP contribution in [0.2, 0.25) is 0 Å². The maximum Gasteiger partial charge on any atom is 0.144 e. The lowest BCUT2D eigenvalue weighted by molar-refractivity contribution is 0.266. The summed E-state index contributed by atoms with van der Waals surface area (Å²) in [5, 5.41) is 4.21. The predicted molar refractivity (Wildman–Crippen MR) is 91.3 cm³/mol. The average molecular weight is 312 g/mol. The molecule has 22 heavy (non-hydrogen) atoms. The number of benzene rings is 1. The topological polar surface area (TPSA) is 29.3 Å². The van der Waals surface area contributed by atoms with Crippen LogP contribution in [0.25, 0.3) is 21.5 Å². The molecule has 1 aromatic carbocycles. The van der Waals surface area contributed by atoms with Crippen molar-refractivity contribution >= 4 is 22.3 Å². The summed E-state index contributed by atoms with van der Waals surface area (Å²) in [6.07, 6.45) is 5.48. The van der Waals surface area contributed by atoms with E-state index < -0.39 is 0 Å². The minimum Gasteiger partial charge on any atom is -0.460 e. The number of hydrogen-bond donors (Lipinski definition) is 0. The van der Waals surface area contributed by atoms with Crippen molar-refractivity contribution in [3.8, 4) is 10.6 Å². The van der Waals surface area contributed by atoms with Crippen LogP contribution in [0.5, 0.6) is 0 Å². The molecule has 4 rings (SSSR count). The van der Waals surface area contributed by atoms with E-state index in [1.807, 2.05) is 11.6 Å². The average Bonchev–Trinajstić information content (AvgIpc) is 3.25. The summed E-state index contributed by atoms with van der Waals surface area (Å²) in [4.78, 5) is 6.98. The van der Waals surface area contributed by atoms with Gasteiger partial charge in [-0.25, -0.2) is 4.98 Å². The van der Waals surface area contributed by atoms with Gasteiger partial charge >= 0.3 is 0 Å². The van der Waals surface area contributed by atoms with Crippen LogP contribution in [-0.4, -0.2) is 29.0 Å². The number of rotatable bonds is 4. The molecule has 1 aliphatic heterocycles. The lowest BCUT2D eigenvalue weighted by Crippen LogP contribution is -2.28. The van der Waals surface area contributed by atoms with Gasteiger partial charge in [-0.3, -0.25) is 0 Å².